The van der Waals surface area contributed by atoms with Gasteiger partial charge < -0.3 is 15.0 Å². The second-order valence-corrected chi connectivity index (χ2v) is 5.07. The molecular weight excluding hydrogens is 234 g/mol. The zero-order chi connectivity index (χ0) is 13.3. The molecule has 0 saturated heterocycles. The topological polar surface area (TPSA) is 84.2 Å². The van der Waals surface area contributed by atoms with Crippen molar-refractivity contribution in [3.63, 3.8) is 0 Å². The molecule has 0 bridgehead atoms. The quantitative estimate of drug-likeness (QED) is 0.832. The molecule has 98 valence electrons. The van der Waals surface area contributed by atoms with E-state index in [4.69, 9.17) is 0 Å². The summed E-state index contributed by atoms with van der Waals surface area (Å²) in [6.45, 7) is 1.69. The Morgan fingerprint density at radius 2 is 2.33 bits per heavy atom. The first-order chi connectivity index (χ1) is 8.43. The van der Waals surface area contributed by atoms with Gasteiger partial charge in [0.1, 0.15) is 5.69 Å². The molecule has 0 radical (unpaired) electrons. The number of carbonyl (C=O) groups is 2. The molecule has 2 atom stereocenters. The lowest BCUT2D eigenvalue weighted by atomic mass is 9.85. The second-order valence-electron chi connectivity index (χ2n) is 5.07. The standard InChI is InChI=1S/C12H17N3O3/c1-12(11(17)18)5-3-4-9(12)14-10(16)8-6-15(2)7-13-8/h6-7,9H,3-5H2,1-2H3,(H,14,16)(H,17,18). The maximum absolute atomic E-state index is 11.9. The monoisotopic (exact) mass is 251 g/mol. The van der Waals surface area contributed by atoms with E-state index in [0.29, 0.717) is 18.5 Å². The Hall–Kier alpha value is -1.85. The van der Waals surface area contributed by atoms with Crippen molar-refractivity contribution in [1.82, 2.24) is 14.9 Å². The van der Waals surface area contributed by atoms with Crippen molar-refractivity contribution in [3.8, 4) is 0 Å². The van der Waals surface area contributed by atoms with Crippen molar-refractivity contribution in [2.24, 2.45) is 12.5 Å². The van der Waals surface area contributed by atoms with Gasteiger partial charge in [0.25, 0.3) is 5.91 Å². The molecule has 2 N–H and O–H groups in total. The van der Waals surface area contributed by atoms with Crippen molar-refractivity contribution >= 4 is 11.9 Å². The van der Waals surface area contributed by atoms with Gasteiger partial charge in [0.15, 0.2) is 0 Å². The molecule has 1 fully saturated rings. The molecule has 2 unspecified atom stereocenters. The average Bonchev–Trinajstić information content (AvgIpc) is 2.87. The van der Waals surface area contributed by atoms with E-state index in [1.54, 1.807) is 31.1 Å². The summed E-state index contributed by atoms with van der Waals surface area (Å²) < 4.78 is 1.68. The van der Waals surface area contributed by atoms with Crippen LogP contribution in [0.4, 0.5) is 0 Å². The summed E-state index contributed by atoms with van der Waals surface area (Å²) in [5.41, 5.74) is -0.554. The zero-order valence-corrected chi connectivity index (χ0v) is 10.5. The summed E-state index contributed by atoms with van der Waals surface area (Å²) in [6, 6.07) is -0.329. The van der Waals surface area contributed by atoms with E-state index in [1.807, 2.05) is 0 Å². The van der Waals surface area contributed by atoms with E-state index in [2.05, 4.69) is 10.3 Å². The van der Waals surface area contributed by atoms with Crippen LogP contribution in [-0.2, 0) is 11.8 Å². The van der Waals surface area contributed by atoms with E-state index in [1.165, 1.54) is 0 Å². The highest BCUT2D eigenvalue weighted by Gasteiger charge is 2.46. The molecule has 1 aromatic rings. The van der Waals surface area contributed by atoms with Gasteiger partial charge in [0.2, 0.25) is 0 Å². The Bertz CT molecular complexity index is 483. The molecule has 1 aliphatic carbocycles. The number of carboxylic acid groups (broad SMARTS) is 1. The Labute approximate surface area is 105 Å². The molecule has 1 aliphatic rings. The van der Waals surface area contributed by atoms with E-state index >= 15 is 0 Å². The van der Waals surface area contributed by atoms with Gasteiger partial charge in [-0.05, 0) is 19.8 Å². The minimum absolute atomic E-state index is 0.310. The number of imidazole rings is 1. The number of aromatic nitrogens is 2. The minimum atomic E-state index is -0.871. The zero-order valence-electron chi connectivity index (χ0n) is 10.5. The third-order valence-corrected chi connectivity index (χ3v) is 3.69. The minimum Gasteiger partial charge on any atom is -0.481 e. The Morgan fingerprint density at radius 3 is 2.89 bits per heavy atom. The number of carbonyl (C=O) groups excluding carboxylic acids is 1. The summed E-state index contributed by atoms with van der Waals surface area (Å²) in [4.78, 5) is 27.2. The first kappa shape index (κ1) is 12.6. The number of carboxylic acids is 1. The van der Waals surface area contributed by atoms with E-state index in [9.17, 15) is 14.7 Å². The molecule has 1 amide bonds. The fourth-order valence-electron chi connectivity index (χ4n) is 2.42. The molecular formula is C12H17N3O3. The lowest BCUT2D eigenvalue weighted by molar-refractivity contribution is -0.148. The number of amides is 1. The highest BCUT2D eigenvalue weighted by molar-refractivity contribution is 5.92. The SMILES string of the molecule is Cn1cnc(C(=O)NC2CCCC2(C)C(=O)O)c1. The number of nitrogens with one attached hydrogen (secondary N) is 1. The van der Waals surface area contributed by atoms with Gasteiger partial charge >= 0.3 is 5.97 Å². The third kappa shape index (κ3) is 2.10. The first-order valence-electron chi connectivity index (χ1n) is 5.96. The predicted molar refractivity (Wildman–Crippen MR) is 64.1 cm³/mol. The molecule has 6 nitrogen and oxygen atoms in total. The van der Waals surface area contributed by atoms with Crippen LogP contribution in [-0.4, -0.2) is 32.6 Å². The summed E-state index contributed by atoms with van der Waals surface area (Å²) in [5.74, 6) is -1.17. The molecule has 2 rings (SSSR count). The molecule has 1 saturated carbocycles. The van der Waals surface area contributed by atoms with Crippen molar-refractivity contribution in [2.75, 3.05) is 0 Å². The van der Waals surface area contributed by atoms with Crippen LogP contribution < -0.4 is 5.32 Å². The lowest BCUT2D eigenvalue weighted by Gasteiger charge is -2.27. The third-order valence-electron chi connectivity index (χ3n) is 3.69. The van der Waals surface area contributed by atoms with E-state index < -0.39 is 11.4 Å². The van der Waals surface area contributed by atoms with Crippen LogP contribution in [0.1, 0.15) is 36.7 Å². The largest absolute Gasteiger partial charge is 0.481 e. The second kappa shape index (κ2) is 4.44. The Morgan fingerprint density at radius 1 is 1.61 bits per heavy atom. The number of rotatable bonds is 3. The number of nitrogens with zero attached hydrogens (tertiary/aromatic N) is 2. The Kier molecular flexibility index (Phi) is 3.11. The van der Waals surface area contributed by atoms with Crippen LogP contribution in [0.15, 0.2) is 12.5 Å². The summed E-state index contributed by atoms with van der Waals surface area (Å²) in [6.07, 6.45) is 5.26. The highest BCUT2D eigenvalue weighted by Crippen LogP contribution is 2.38. The predicted octanol–water partition coefficient (Wildman–Crippen LogP) is 0.793. The first-order valence-corrected chi connectivity index (χ1v) is 5.96. The van der Waals surface area contributed by atoms with Crippen LogP contribution in [0.2, 0.25) is 0 Å². The van der Waals surface area contributed by atoms with Gasteiger partial charge in [-0.25, -0.2) is 4.98 Å². The van der Waals surface area contributed by atoms with Crippen molar-refractivity contribution in [1.29, 1.82) is 0 Å². The van der Waals surface area contributed by atoms with Crippen LogP contribution in [0.25, 0.3) is 0 Å². The number of hydrogen-bond donors (Lipinski definition) is 2. The average molecular weight is 251 g/mol. The number of aryl methyl sites for hydroxylation is 1. The van der Waals surface area contributed by atoms with Gasteiger partial charge in [-0.15, -0.1) is 0 Å². The Balaban J connectivity index is 2.10. The van der Waals surface area contributed by atoms with Crippen molar-refractivity contribution in [2.45, 2.75) is 32.2 Å². The maximum atomic E-state index is 11.9. The number of hydrogen-bond acceptors (Lipinski definition) is 3. The van der Waals surface area contributed by atoms with E-state index in [0.717, 1.165) is 6.42 Å². The van der Waals surface area contributed by atoms with Gasteiger partial charge in [0, 0.05) is 19.3 Å². The number of aliphatic carboxylic acids is 1. The smallest absolute Gasteiger partial charge is 0.311 e. The molecule has 6 heteroatoms. The normalized spacial score (nSPS) is 27.1. The molecule has 1 aromatic heterocycles. The highest BCUT2D eigenvalue weighted by atomic mass is 16.4. The molecule has 0 aliphatic heterocycles. The van der Waals surface area contributed by atoms with Crippen molar-refractivity contribution < 1.29 is 14.7 Å². The fourth-order valence-corrected chi connectivity index (χ4v) is 2.42. The maximum Gasteiger partial charge on any atom is 0.311 e. The van der Waals surface area contributed by atoms with Crippen LogP contribution >= 0.6 is 0 Å². The molecule has 0 aromatic carbocycles. The van der Waals surface area contributed by atoms with Crippen LogP contribution in [0.3, 0.4) is 0 Å². The summed E-state index contributed by atoms with van der Waals surface area (Å²) in [7, 11) is 1.78. The summed E-state index contributed by atoms with van der Waals surface area (Å²) >= 11 is 0. The van der Waals surface area contributed by atoms with Gasteiger partial charge in [-0.1, -0.05) is 6.42 Å². The van der Waals surface area contributed by atoms with Crippen molar-refractivity contribution in [3.05, 3.63) is 18.2 Å². The molecule has 18 heavy (non-hydrogen) atoms. The van der Waals surface area contributed by atoms with Gasteiger partial charge in [-0.2, -0.15) is 0 Å². The van der Waals surface area contributed by atoms with Crippen LogP contribution in [0.5, 0.6) is 0 Å². The molecule has 0 spiro atoms. The summed E-state index contributed by atoms with van der Waals surface area (Å²) in [5, 5.41) is 12.0. The fraction of sp³-hybridized carbons (Fsp3) is 0.583. The lowest BCUT2D eigenvalue weighted by Crippen LogP contribution is -2.47. The van der Waals surface area contributed by atoms with E-state index in [-0.39, 0.29) is 11.9 Å². The molecule has 1 heterocycles. The van der Waals surface area contributed by atoms with Gasteiger partial charge in [0.05, 0.1) is 11.7 Å². The van der Waals surface area contributed by atoms with Gasteiger partial charge in [-0.3, -0.25) is 9.59 Å². The van der Waals surface area contributed by atoms with Crippen LogP contribution in [0, 0.1) is 5.41 Å².